The average molecular weight is 396 g/mol. The molecule has 138 valence electrons. The van der Waals surface area contributed by atoms with Gasteiger partial charge in [-0.25, -0.2) is 8.42 Å². The molecule has 0 unspecified atom stereocenters. The summed E-state index contributed by atoms with van der Waals surface area (Å²) in [5, 5.41) is 11.3. The number of benzene rings is 2. The predicted octanol–water partition coefficient (Wildman–Crippen LogP) is 2.61. The fourth-order valence-electron chi connectivity index (χ4n) is 4.05. The summed E-state index contributed by atoms with van der Waals surface area (Å²) in [6, 6.07) is 10.2. The van der Waals surface area contributed by atoms with Crippen molar-refractivity contribution < 1.29 is 23.1 Å². The van der Waals surface area contributed by atoms with Crippen LogP contribution >= 0.6 is 11.6 Å². The maximum atomic E-state index is 13.3. The van der Waals surface area contributed by atoms with Crippen molar-refractivity contribution in [1.82, 2.24) is 4.31 Å². The van der Waals surface area contributed by atoms with Crippen LogP contribution < -0.4 is 0 Å². The molecular formula is C18H18ClNO5S. The average Bonchev–Trinajstić information content (AvgIpc) is 3.03. The smallest absolute Gasteiger partial charge is 0.311 e. The molecule has 0 aromatic heterocycles. The van der Waals surface area contributed by atoms with Crippen molar-refractivity contribution in [3.05, 3.63) is 41.4 Å². The fourth-order valence-corrected chi connectivity index (χ4v) is 6.18. The fraction of sp³-hybridized carbons (Fsp3) is 0.389. The molecule has 2 saturated heterocycles. The number of rotatable bonds is 3. The molecule has 2 aliphatic heterocycles. The van der Waals surface area contributed by atoms with E-state index in [0.717, 1.165) is 5.39 Å². The van der Waals surface area contributed by atoms with E-state index >= 15 is 0 Å². The molecule has 8 heteroatoms. The Hall–Kier alpha value is -1.67. The third-order valence-electron chi connectivity index (χ3n) is 5.53. The number of hydrogen-bond donors (Lipinski definition) is 1. The Labute approximate surface area is 156 Å². The van der Waals surface area contributed by atoms with E-state index in [9.17, 15) is 18.3 Å². The van der Waals surface area contributed by atoms with E-state index in [2.05, 4.69) is 0 Å². The quantitative estimate of drug-likeness (QED) is 0.863. The Kier molecular flexibility index (Phi) is 4.23. The highest BCUT2D eigenvalue weighted by atomic mass is 35.5. The summed E-state index contributed by atoms with van der Waals surface area (Å²) < 4.78 is 33.4. The zero-order chi connectivity index (χ0) is 18.5. The highest BCUT2D eigenvalue weighted by molar-refractivity contribution is 7.89. The van der Waals surface area contributed by atoms with Crippen LogP contribution in [0.1, 0.15) is 6.42 Å². The first-order valence-corrected chi connectivity index (χ1v) is 10.2. The van der Waals surface area contributed by atoms with Crippen LogP contribution in [0, 0.1) is 11.3 Å². The summed E-state index contributed by atoms with van der Waals surface area (Å²) in [6.07, 6.45) is 0.315. The molecule has 2 aliphatic rings. The third kappa shape index (κ3) is 2.53. The van der Waals surface area contributed by atoms with Crippen LogP contribution in [0.15, 0.2) is 41.3 Å². The standard InChI is InChI=1S/C18H18ClNO5S/c19-14-5-1-3-12-4-2-6-15(16(12)14)26(23,24)20-9-13-10-25-8-7-18(13,11-20)17(21)22/h1-6,13H,7-11H2,(H,21,22)/t13-,18+/m1/s1. The van der Waals surface area contributed by atoms with Gasteiger partial charge in [-0.3, -0.25) is 4.79 Å². The first-order valence-electron chi connectivity index (χ1n) is 8.35. The second-order valence-electron chi connectivity index (χ2n) is 6.87. The Balaban J connectivity index is 1.81. The lowest BCUT2D eigenvalue weighted by Crippen LogP contribution is -2.45. The monoisotopic (exact) mass is 395 g/mol. The number of fused-ring (bicyclic) bond motifs is 2. The van der Waals surface area contributed by atoms with E-state index in [1.54, 1.807) is 30.3 Å². The molecule has 1 N–H and O–H groups in total. The van der Waals surface area contributed by atoms with Gasteiger partial charge in [0.15, 0.2) is 0 Å². The Morgan fingerprint density at radius 1 is 1.27 bits per heavy atom. The van der Waals surface area contributed by atoms with Crippen LogP contribution in [0.4, 0.5) is 0 Å². The van der Waals surface area contributed by atoms with Crippen molar-refractivity contribution in [2.24, 2.45) is 11.3 Å². The van der Waals surface area contributed by atoms with Crippen LogP contribution in [-0.2, 0) is 19.6 Å². The molecule has 0 bridgehead atoms. The molecule has 4 rings (SSSR count). The first kappa shape index (κ1) is 17.7. The third-order valence-corrected chi connectivity index (χ3v) is 7.70. The normalized spacial score (nSPS) is 26.7. The van der Waals surface area contributed by atoms with E-state index in [1.165, 1.54) is 10.4 Å². The number of nitrogens with zero attached hydrogens (tertiary/aromatic N) is 1. The number of carbonyl (C=O) groups is 1. The van der Waals surface area contributed by atoms with E-state index in [4.69, 9.17) is 16.3 Å². The van der Waals surface area contributed by atoms with Crippen molar-refractivity contribution in [2.75, 3.05) is 26.3 Å². The Morgan fingerprint density at radius 2 is 2.00 bits per heavy atom. The van der Waals surface area contributed by atoms with E-state index in [1.807, 2.05) is 0 Å². The van der Waals surface area contributed by atoms with Gasteiger partial charge >= 0.3 is 5.97 Å². The molecule has 0 saturated carbocycles. The van der Waals surface area contributed by atoms with Crippen molar-refractivity contribution >= 4 is 38.4 Å². The van der Waals surface area contributed by atoms with Gasteiger partial charge < -0.3 is 9.84 Å². The van der Waals surface area contributed by atoms with Gasteiger partial charge in [-0.2, -0.15) is 4.31 Å². The van der Waals surface area contributed by atoms with Gasteiger partial charge in [0.1, 0.15) is 0 Å². The Morgan fingerprint density at radius 3 is 2.69 bits per heavy atom. The van der Waals surface area contributed by atoms with Gasteiger partial charge in [-0.15, -0.1) is 0 Å². The lowest BCUT2D eigenvalue weighted by Gasteiger charge is -2.34. The summed E-state index contributed by atoms with van der Waals surface area (Å²) in [5.41, 5.74) is -1.08. The number of ether oxygens (including phenoxy) is 1. The second-order valence-corrected chi connectivity index (χ2v) is 9.19. The van der Waals surface area contributed by atoms with E-state index < -0.39 is 21.4 Å². The molecule has 2 fully saturated rings. The van der Waals surface area contributed by atoms with Crippen molar-refractivity contribution in [1.29, 1.82) is 0 Å². The van der Waals surface area contributed by atoms with Crippen LogP contribution in [0.25, 0.3) is 10.8 Å². The summed E-state index contributed by atoms with van der Waals surface area (Å²) in [7, 11) is -3.89. The number of sulfonamides is 1. The van der Waals surface area contributed by atoms with Gasteiger partial charge in [0, 0.05) is 36.0 Å². The molecule has 6 nitrogen and oxygen atoms in total. The predicted molar refractivity (Wildman–Crippen MR) is 96.7 cm³/mol. The van der Waals surface area contributed by atoms with Crippen LogP contribution in [0.3, 0.4) is 0 Å². The number of hydrogen-bond acceptors (Lipinski definition) is 4. The SMILES string of the molecule is O=C(O)[C@]12CCOC[C@H]1CN(S(=O)(=O)c1cccc3cccc(Cl)c13)C2. The highest BCUT2D eigenvalue weighted by Gasteiger charge is 2.56. The van der Waals surface area contributed by atoms with Crippen LogP contribution in [0.5, 0.6) is 0 Å². The lowest BCUT2D eigenvalue weighted by molar-refractivity contribution is -0.157. The first-order chi connectivity index (χ1) is 12.4. The molecule has 0 aliphatic carbocycles. The minimum Gasteiger partial charge on any atom is -0.481 e. The van der Waals surface area contributed by atoms with E-state index in [0.29, 0.717) is 23.4 Å². The molecule has 0 spiro atoms. The molecule has 0 amide bonds. The molecular weight excluding hydrogens is 378 g/mol. The molecule has 26 heavy (non-hydrogen) atoms. The number of aliphatic carboxylic acids is 1. The molecule has 0 radical (unpaired) electrons. The molecule has 2 atom stereocenters. The second kappa shape index (κ2) is 6.20. The number of carboxylic acids is 1. The highest BCUT2D eigenvalue weighted by Crippen LogP contribution is 2.45. The number of carboxylic acid groups (broad SMARTS) is 1. The lowest BCUT2D eigenvalue weighted by atomic mass is 9.74. The molecule has 2 aromatic carbocycles. The minimum atomic E-state index is -3.89. The van der Waals surface area contributed by atoms with E-state index in [-0.39, 0.29) is 30.5 Å². The zero-order valence-electron chi connectivity index (χ0n) is 13.9. The van der Waals surface area contributed by atoms with Crippen LogP contribution in [-0.4, -0.2) is 50.1 Å². The number of halogens is 1. The Bertz CT molecular complexity index is 987. The zero-order valence-corrected chi connectivity index (χ0v) is 15.5. The topological polar surface area (TPSA) is 83.9 Å². The van der Waals surface area contributed by atoms with Gasteiger partial charge in [0.05, 0.1) is 16.9 Å². The van der Waals surface area contributed by atoms with Crippen molar-refractivity contribution in [3.8, 4) is 0 Å². The van der Waals surface area contributed by atoms with Gasteiger partial charge in [0.25, 0.3) is 0 Å². The van der Waals surface area contributed by atoms with Gasteiger partial charge in [-0.1, -0.05) is 35.9 Å². The summed E-state index contributed by atoms with van der Waals surface area (Å²) in [4.78, 5) is 12.0. The van der Waals surface area contributed by atoms with Crippen molar-refractivity contribution in [2.45, 2.75) is 11.3 Å². The minimum absolute atomic E-state index is 0.0421. The van der Waals surface area contributed by atoms with Crippen molar-refractivity contribution in [3.63, 3.8) is 0 Å². The maximum Gasteiger partial charge on any atom is 0.311 e. The van der Waals surface area contributed by atoms with Gasteiger partial charge in [-0.05, 0) is 23.9 Å². The summed E-state index contributed by atoms with van der Waals surface area (Å²) in [5.74, 6) is -1.31. The van der Waals surface area contributed by atoms with Crippen LogP contribution in [0.2, 0.25) is 5.02 Å². The maximum absolute atomic E-state index is 13.3. The summed E-state index contributed by atoms with van der Waals surface area (Å²) >= 11 is 6.28. The molecule has 2 heterocycles. The van der Waals surface area contributed by atoms with Gasteiger partial charge in [0.2, 0.25) is 10.0 Å². The molecule has 2 aromatic rings. The summed E-state index contributed by atoms with van der Waals surface area (Å²) in [6.45, 7) is 0.681. The largest absolute Gasteiger partial charge is 0.481 e.